The number of para-hydroxylation sites is 1. The van der Waals surface area contributed by atoms with Gasteiger partial charge in [-0.15, -0.1) is 0 Å². The van der Waals surface area contributed by atoms with Crippen molar-refractivity contribution in [1.82, 2.24) is 4.90 Å². The summed E-state index contributed by atoms with van der Waals surface area (Å²) in [6.07, 6.45) is -4.52. The number of amides is 1. The molecule has 0 aliphatic carbocycles. The summed E-state index contributed by atoms with van der Waals surface area (Å²) in [5.74, 6) is -0.101. The number of carbonyl (C=O) groups excluding carboxylic acids is 1. The number of halogens is 3. The number of aryl methyl sites for hydroxylation is 1. The lowest BCUT2D eigenvalue weighted by molar-refractivity contribution is -0.385. The zero-order valence-corrected chi connectivity index (χ0v) is 15.1. The van der Waals surface area contributed by atoms with Crippen molar-refractivity contribution < 1.29 is 27.6 Å². The Labute approximate surface area is 159 Å². The fourth-order valence-corrected chi connectivity index (χ4v) is 2.68. The van der Waals surface area contributed by atoms with Crippen LogP contribution in [0.2, 0.25) is 0 Å². The first-order valence-corrected chi connectivity index (χ1v) is 8.39. The fraction of sp³-hybridized carbons (Fsp3) is 0.316. The normalized spacial score (nSPS) is 11.1. The summed E-state index contributed by atoms with van der Waals surface area (Å²) in [5.41, 5.74) is 0.499. The van der Waals surface area contributed by atoms with Crippen LogP contribution in [0.1, 0.15) is 17.5 Å². The minimum absolute atomic E-state index is 0.0505. The van der Waals surface area contributed by atoms with Crippen molar-refractivity contribution >= 4 is 11.6 Å². The number of hydrogen-bond donors (Lipinski definition) is 0. The molecule has 0 aliphatic rings. The highest BCUT2D eigenvalue weighted by molar-refractivity contribution is 5.76. The molecule has 0 saturated heterocycles. The summed E-state index contributed by atoms with van der Waals surface area (Å²) in [4.78, 5) is 23.5. The molecule has 0 aliphatic heterocycles. The van der Waals surface area contributed by atoms with E-state index in [1.807, 2.05) is 0 Å². The SMILES string of the molecule is COc1ccc(CCC(=O)N(Cc2ccccc2[N+](=O)[O-])CC(F)(F)F)cc1. The number of carbonyl (C=O) groups is 1. The number of hydrogen-bond acceptors (Lipinski definition) is 4. The lowest BCUT2D eigenvalue weighted by atomic mass is 10.1. The van der Waals surface area contributed by atoms with Crippen LogP contribution in [-0.2, 0) is 17.8 Å². The Morgan fingerprint density at radius 2 is 1.79 bits per heavy atom. The van der Waals surface area contributed by atoms with Crippen LogP contribution >= 0.6 is 0 Å². The molecule has 6 nitrogen and oxygen atoms in total. The average molecular weight is 396 g/mol. The Balaban J connectivity index is 2.13. The quantitative estimate of drug-likeness (QED) is 0.497. The Bertz CT molecular complexity index is 823. The van der Waals surface area contributed by atoms with Gasteiger partial charge >= 0.3 is 6.18 Å². The van der Waals surface area contributed by atoms with Gasteiger partial charge in [-0.25, -0.2) is 0 Å². The molecule has 0 unspecified atom stereocenters. The molecule has 2 aromatic carbocycles. The zero-order valence-electron chi connectivity index (χ0n) is 15.1. The van der Waals surface area contributed by atoms with Crippen molar-refractivity contribution in [2.45, 2.75) is 25.6 Å². The Morgan fingerprint density at radius 3 is 2.36 bits per heavy atom. The minimum atomic E-state index is -4.61. The highest BCUT2D eigenvalue weighted by Gasteiger charge is 2.33. The summed E-state index contributed by atoms with van der Waals surface area (Å²) in [6.45, 7) is -1.96. The second kappa shape index (κ2) is 9.20. The van der Waals surface area contributed by atoms with E-state index < -0.39 is 30.1 Å². The first-order valence-electron chi connectivity index (χ1n) is 8.39. The second-order valence-electron chi connectivity index (χ2n) is 6.10. The summed E-state index contributed by atoms with van der Waals surface area (Å²) in [6, 6.07) is 12.3. The zero-order chi connectivity index (χ0) is 20.7. The van der Waals surface area contributed by atoms with Crippen molar-refractivity contribution in [2.24, 2.45) is 0 Å². The molecule has 0 N–H and O–H groups in total. The number of ether oxygens (including phenoxy) is 1. The molecule has 9 heteroatoms. The maximum Gasteiger partial charge on any atom is 0.406 e. The standard InChI is InChI=1S/C19H19F3N2O4/c1-28-16-9-6-14(7-10-16)8-11-18(25)23(13-19(20,21)22)12-15-4-2-3-5-17(15)24(26)27/h2-7,9-10H,8,11-13H2,1H3. The lowest BCUT2D eigenvalue weighted by Gasteiger charge is -2.24. The van der Waals surface area contributed by atoms with E-state index in [9.17, 15) is 28.1 Å². The summed E-state index contributed by atoms with van der Waals surface area (Å²) in [7, 11) is 1.51. The van der Waals surface area contributed by atoms with Crippen LogP contribution in [0.3, 0.4) is 0 Å². The van der Waals surface area contributed by atoms with Crippen LogP contribution in [-0.4, -0.2) is 35.6 Å². The number of rotatable bonds is 8. The Hall–Kier alpha value is -3.10. The second-order valence-corrected chi connectivity index (χ2v) is 6.10. The van der Waals surface area contributed by atoms with E-state index >= 15 is 0 Å². The van der Waals surface area contributed by atoms with Crippen LogP contribution in [0, 0.1) is 10.1 Å². The third-order valence-electron chi connectivity index (χ3n) is 4.06. The molecule has 0 spiro atoms. The van der Waals surface area contributed by atoms with Gasteiger partial charge in [0.05, 0.1) is 18.6 Å². The molecule has 2 rings (SSSR count). The molecule has 0 aromatic heterocycles. The van der Waals surface area contributed by atoms with Crippen LogP contribution in [0.15, 0.2) is 48.5 Å². The van der Waals surface area contributed by atoms with Crippen molar-refractivity contribution in [3.8, 4) is 5.75 Å². The lowest BCUT2D eigenvalue weighted by Crippen LogP contribution is -2.38. The Kier molecular flexibility index (Phi) is 6.97. The van der Waals surface area contributed by atoms with Crippen LogP contribution in [0.5, 0.6) is 5.75 Å². The maximum absolute atomic E-state index is 12.9. The third-order valence-corrected chi connectivity index (χ3v) is 4.06. The highest BCUT2D eigenvalue weighted by atomic mass is 19.4. The summed E-state index contributed by atoms with van der Waals surface area (Å²) in [5, 5.41) is 11.1. The fourth-order valence-electron chi connectivity index (χ4n) is 2.68. The highest BCUT2D eigenvalue weighted by Crippen LogP contribution is 2.24. The first-order chi connectivity index (χ1) is 13.2. The smallest absolute Gasteiger partial charge is 0.406 e. The molecular formula is C19H19F3N2O4. The van der Waals surface area contributed by atoms with Gasteiger partial charge in [0, 0.05) is 18.1 Å². The monoisotopic (exact) mass is 396 g/mol. The van der Waals surface area contributed by atoms with Gasteiger partial charge in [0.15, 0.2) is 0 Å². The first kappa shape index (κ1) is 21.2. The molecule has 0 heterocycles. The molecule has 150 valence electrons. The van der Waals surface area contributed by atoms with Crippen LogP contribution in [0.4, 0.5) is 18.9 Å². The van der Waals surface area contributed by atoms with E-state index in [4.69, 9.17) is 4.74 Å². The van der Waals surface area contributed by atoms with Crippen molar-refractivity contribution in [1.29, 1.82) is 0 Å². The van der Waals surface area contributed by atoms with Gasteiger partial charge in [-0.05, 0) is 24.1 Å². The number of nitro benzene ring substituents is 1. The van der Waals surface area contributed by atoms with E-state index in [1.54, 1.807) is 24.3 Å². The third kappa shape index (κ3) is 6.26. The van der Waals surface area contributed by atoms with Gasteiger partial charge in [-0.3, -0.25) is 14.9 Å². The van der Waals surface area contributed by atoms with Crippen molar-refractivity contribution in [3.05, 3.63) is 69.8 Å². The number of nitrogens with zero attached hydrogens (tertiary/aromatic N) is 2. The molecule has 28 heavy (non-hydrogen) atoms. The predicted molar refractivity (Wildman–Crippen MR) is 95.9 cm³/mol. The number of nitro groups is 1. The topological polar surface area (TPSA) is 72.7 Å². The summed E-state index contributed by atoms with van der Waals surface area (Å²) >= 11 is 0. The number of benzene rings is 2. The van der Waals surface area contributed by atoms with Gasteiger partial charge in [0.2, 0.25) is 5.91 Å². The minimum Gasteiger partial charge on any atom is -0.497 e. The van der Waals surface area contributed by atoms with Gasteiger partial charge in [-0.2, -0.15) is 13.2 Å². The van der Waals surface area contributed by atoms with Gasteiger partial charge in [0.1, 0.15) is 12.3 Å². The van der Waals surface area contributed by atoms with Gasteiger partial charge in [-0.1, -0.05) is 30.3 Å². The Morgan fingerprint density at radius 1 is 1.14 bits per heavy atom. The van der Waals surface area contributed by atoms with E-state index in [2.05, 4.69) is 0 Å². The average Bonchev–Trinajstić information content (AvgIpc) is 2.65. The molecule has 0 atom stereocenters. The molecule has 0 saturated carbocycles. The van der Waals surface area contributed by atoms with Crippen LogP contribution < -0.4 is 4.74 Å². The molecule has 1 amide bonds. The number of methoxy groups -OCH3 is 1. The van der Waals surface area contributed by atoms with Gasteiger partial charge < -0.3 is 9.64 Å². The predicted octanol–water partition coefficient (Wildman–Crippen LogP) is 4.13. The molecular weight excluding hydrogens is 377 g/mol. The summed E-state index contributed by atoms with van der Waals surface area (Å²) < 4.78 is 43.8. The van der Waals surface area contributed by atoms with E-state index in [0.717, 1.165) is 5.56 Å². The van der Waals surface area contributed by atoms with E-state index in [-0.39, 0.29) is 24.1 Å². The van der Waals surface area contributed by atoms with Crippen LogP contribution in [0.25, 0.3) is 0 Å². The van der Waals surface area contributed by atoms with Gasteiger partial charge in [0.25, 0.3) is 5.69 Å². The van der Waals surface area contributed by atoms with Crippen molar-refractivity contribution in [3.63, 3.8) is 0 Å². The molecule has 2 aromatic rings. The van der Waals surface area contributed by atoms with E-state index in [1.165, 1.54) is 31.4 Å². The van der Waals surface area contributed by atoms with Crippen molar-refractivity contribution in [2.75, 3.05) is 13.7 Å². The molecule has 0 radical (unpaired) electrons. The van der Waals surface area contributed by atoms with E-state index in [0.29, 0.717) is 10.6 Å². The number of alkyl halides is 3. The molecule has 0 bridgehead atoms. The molecule has 0 fully saturated rings. The maximum atomic E-state index is 12.9. The largest absolute Gasteiger partial charge is 0.497 e.